The molecular weight excluding hydrogens is 364 g/mol. The van der Waals surface area contributed by atoms with Crippen LogP contribution in [-0.4, -0.2) is 25.9 Å². The Balaban J connectivity index is 0.00000225. The fourth-order valence-electron chi connectivity index (χ4n) is 2.75. The molecule has 0 saturated carbocycles. The minimum Gasteiger partial charge on any atom is -0.354 e. The lowest BCUT2D eigenvalue weighted by molar-refractivity contribution is 0.0955. The van der Waals surface area contributed by atoms with E-state index >= 15 is 0 Å². The zero-order valence-electron chi connectivity index (χ0n) is 14.0. The van der Waals surface area contributed by atoms with E-state index in [1.807, 2.05) is 18.2 Å². The van der Waals surface area contributed by atoms with Crippen LogP contribution in [0.5, 0.6) is 0 Å². The quantitative estimate of drug-likeness (QED) is 0.713. The van der Waals surface area contributed by atoms with Crippen molar-refractivity contribution in [1.82, 2.24) is 19.9 Å². The first kappa shape index (κ1) is 19.5. The molecule has 25 heavy (non-hydrogen) atoms. The second-order valence-electron chi connectivity index (χ2n) is 5.78. The van der Waals surface area contributed by atoms with Crippen LogP contribution >= 0.6 is 12.4 Å². The van der Waals surface area contributed by atoms with Crippen LogP contribution in [0.2, 0.25) is 0 Å². The topological polar surface area (TPSA) is 92.2 Å². The largest absolute Gasteiger partial charge is 0.354 e. The van der Waals surface area contributed by atoms with Gasteiger partial charge in [0.1, 0.15) is 10.6 Å². The second-order valence-corrected chi connectivity index (χ2v) is 7.55. The smallest absolute Gasteiger partial charge is 0.267 e. The average Bonchev–Trinajstić information content (AvgIpc) is 3.18. The van der Waals surface area contributed by atoms with E-state index in [4.69, 9.17) is 0 Å². The number of benzene rings is 1. The van der Waals surface area contributed by atoms with Crippen molar-refractivity contribution in [2.24, 2.45) is 7.05 Å². The number of fused-ring (bicyclic) bond motifs is 1. The number of hydrogen-bond donors (Lipinski definition) is 3. The number of carbonyl (C=O) groups is 1. The summed E-state index contributed by atoms with van der Waals surface area (Å²) in [5.74, 6) is -0.329. The third kappa shape index (κ3) is 4.04. The lowest BCUT2D eigenvalue weighted by Gasteiger charge is -2.07. The van der Waals surface area contributed by atoms with Crippen molar-refractivity contribution < 1.29 is 13.2 Å². The predicted octanol–water partition coefficient (Wildman–Crippen LogP) is 0.888. The molecule has 3 rings (SSSR count). The highest BCUT2D eigenvalue weighted by molar-refractivity contribution is 7.89. The van der Waals surface area contributed by atoms with Crippen LogP contribution in [0.15, 0.2) is 35.4 Å². The molecule has 0 radical (unpaired) electrons. The molecule has 2 heterocycles. The van der Waals surface area contributed by atoms with Crippen molar-refractivity contribution in [1.29, 1.82) is 0 Å². The lowest BCUT2D eigenvalue weighted by atomic mass is 10.1. The summed E-state index contributed by atoms with van der Waals surface area (Å²) in [7, 11) is -0.542. The standard InChI is InChI=1S/C16H20N4O3S.ClH/c1-17-16(21)15-6-14(10-20(15)2)24(22,23)19-7-11-3-4-12-8-18-9-13(12)5-11;/h3-6,10,18-19H,7-9H2,1-2H3,(H,17,21);1H. The summed E-state index contributed by atoms with van der Waals surface area (Å²) in [5, 5.41) is 5.75. The van der Waals surface area contributed by atoms with Crippen LogP contribution in [-0.2, 0) is 36.7 Å². The molecule has 7 nitrogen and oxygen atoms in total. The van der Waals surface area contributed by atoms with Crippen LogP contribution in [0.25, 0.3) is 0 Å². The van der Waals surface area contributed by atoms with E-state index in [9.17, 15) is 13.2 Å². The molecule has 0 bridgehead atoms. The molecule has 136 valence electrons. The van der Waals surface area contributed by atoms with Gasteiger partial charge >= 0.3 is 0 Å². The van der Waals surface area contributed by atoms with Crippen molar-refractivity contribution >= 4 is 28.3 Å². The number of rotatable bonds is 5. The Morgan fingerprint density at radius 3 is 2.68 bits per heavy atom. The Labute approximate surface area is 153 Å². The molecule has 0 atom stereocenters. The highest BCUT2D eigenvalue weighted by Crippen LogP contribution is 2.18. The third-order valence-corrected chi connectivity index (χ3v) is 5.49. The van der Waals surface area contributed by atoms with E-state index in [1.54, 1.807) is 7.05 Å². The van der Waals surface area contributed by atoms with Crippen LogP contribution in [0, 0.1) is 0 Å². The molecule has 2 aromatic rings. The Hall–Kier alpha value is -1.87. The maximum absolute atomic E-state index is 12.4. The van der Waals surface area contributed by atoms with Crippen LogP contribution in [0.3, 0.4) is 0 Å². The van der Waals surface area contributed by atoms with Gasteiger partial charge in [0.2, 0.25) is 10.0 Å². The van der Waals surface area contributed by atoms with Crippen molar-refractivity contribution in [3.63, 3.8) is 0 Å². The van der Waals surface area contributed by atoms with Gasteiger partial charge in [-0.2, -0.15) is 0 Å². The summed E-state index contributed by atoms with van der Waals surface area (Å²) in [5.41, 5.74) is 3.65. The molecule has 0 aliphatic carbocycles. The van der Waals surface area contributed by atoms with Gasteiger partial charge in [-0.05, 0) is 22.8 Å². The number of nitrogens with zero attached hydrogens (tertiary/aromatic N) is 1. The molecule has 0 unspecified atom stereocenters. The van der Waals surface area contributed by atoms with Gasteiger partial charge in [-0.1, -0.05) is 18.2 Å². The zero-order chi connectivity index (χ0) is 17.3. The van der Waals surface area contributed by atoms with Crippen LogP contribution < -0.4 is 15.4 Å². The normalized spacial score (nSPS) is 13.2. The highest BCUT2D eigenvalue weighted by Gasteiger charge is 2.20. The third-order valence-electron chi connectivity index (χ3n) is 4.12. The summed E-state index contributed by atoms with van der Waals surface area (Å²) >= 11 is 0. The first-order valence-corrected chi connectivity index (χ1v) is 9.08. The minimum atomic E-state index is -3.68. The Morgan fingerprint density at radius 2 is 1.96 bits per heavy atom. The maximum Gasteiger partial charge on any atom is 0.267 e. The van der Waals surface area contributed by atoms with Crippen molar-refractivity contribution in [2.45, 2.75) is 24.5 Å². The molecule has 3 N–H and O–H groups in total. The summed E-state index contributed by atoms with van der Waals surface area (Å²) in [4.78, 5) is 11.8. The van der Waals surface area contributed by atoms with Gasteiger partial charge in [-0.15, -0.1) is 12.4 Å². The van der Waals surface area contributed by atoms with Crippen molar-refractivity contribution in [3.8, 4) is 0 Å². The van der Waals surface area contributed by atoms with Gasteiger partial charge in [0.15, 0.2) is 0 Å². The Bertz CT molecular complexity index is 893. The molecule has 0 fully saturated rings. The number of nitrogens with one attached hydrogen (secondary N) is 3. The lowest BCUT2D eigenvalue weighted by Crippen LogP contribution is -2.23. The van der Waals surface area contributed by atoms with Crippen molar-refractivity contribution in [3.05, 3.63) is 52.8 Å². The highest BCUT2D eigenvalue weighted by atomic mass is 35.5. The van der Waals surface area contributed by atoms with Gasteiger partial charge in [-0.25, -0.2) is 13.1 Å². The molecule has 1 aliphatic heterocycles. The van der Waals surface area contributed by atoms with E-state index in [0.717, 1.165) is 18.7 Å². The molecule has 1 amide bonds. The van der Waals surface area contributed by atoms with Gasteiger partial charge in [-0.3, -0.25) is 4.79 Å². The fourth-order valence-corrected chi connectivity index (χ4v) is 3.84. The number of hydrogen-bond acceptors (Lipinski definition) is 4. The minimum absolute atomic E-state index is 0. The average molecular weight is 385 g/mol. The summed E-state index contributed by atoms with van der Waals surface area (Å²) < 4.78 is 29.0. The number of aryl methyl sites for hydroxylation is 1. The molecule has 0 saturated heterocycles. The first-order valence-electron chi connectivity index (χ1n) is 7.60. The number of sulfonamides is 1. The molecule has 1 aromatic heterocycles. The zero-order valence-corrected chi connectivity index (χ0v) is 15.6. The van der Waals surface area contributed by atoms with E-state index in [1.165, 1.54) is 35.0 Å². The molecule has 0 spiro atoms. The Kier molecular flexibility index (Phi) is 5.89. The van der Waals surface area contributed by atoms with Crippen LogP contribution in [0.4, 0.5) is 0 Å². The maximum atomic E-state index is 12.4. The number of amides is 1. The molecule has 9 heteroatoms. The fraction of sp³-hybridized carbons (Fsp3) is 0.312. The number of halogens is 1. The van der Waals surface area contributed by atoms with Gasteiger partial charge in [0, 0.05) is 39.9 Å². The van der Waals surface area contributed by atoms with Gasteiger partial charge in [0.25, 0.3) is 5.91 Å². The van der Waals surface area contributed by atoms with Crippen LogP contribution in [0.1, 0.15) is 27.2 Å². The van der Waals surface area contributed by atoms with E-state index < -0.39 is 10.0 Å². The van der Waals surface area contributed by atoms with Crippen molar-refractivity contribution in [2.75, 3.05) is 7.05 Å². The van der Waals surface area contributed by atoms with E-state index in [0.29, 0.717) is 5.69 Å². The molecular formula is C16H21ClN4O3S. The Morgan fingerprint density at radius 1 is 1.24 bits per heavy atom. The van der Waals surface area contributed by atoms with E-state index in [-0.39, 0.29) is 29.8 Å². The molecule has 1 aliphatic rings. The first-order chi connectivity index (χ1) is 11.4. The van der Waals surface area contributed by atoms with E-state index in [2.05, 4.69) is 15.4 Å². The monoisotopic (exact) mass is 384 g/mol. The predicted molar refractivity (Wildman–Crippen MR) is 97.1 cm³/mol. The second kappa shape index (κ2) is 7.57. The molecule has 1 aromatic carbocycles. The summed E-state index contributed by atoms with van der Waals surface area (Å²) in [6.45, 7) is 1.87. The summed E-state index contributed by atoms with van der Waals surface area (Å²) in [6, 6.07) is 7.33. The SMILES string of the molecule is CNC(=O)c1cc(S(=O)(=O)NCc2ccc3c(c2)CNC3)cn1C.Cl. The van der Waals surface area contributed by atoms with Gasteiger partial charge < -0.3 is 15.2 Å². The number of aromatic nitrogens is 1. The summed E-state index contributed by atoms with van der Waals surface area (Å²) in [6.07, 6.45) is 1.43. The number of carbonyl (C=O) groups excluding carboxylic acids is 1. The van der Waals surface area contributed by atoms with Gasteiger partial charge in [0.05, 0.1) is 0 Å².